The molecule has 0 saturated carbocycles. The highest BCUT2D eigenvalue weighted by molar-refractivity contribution is 6.09. The van der Waals surface area contributed by atoms with E-state index in [0.29, 0.717) is 18.0 Å². The average Bonchev–Trinajstić information content (AvgIpc) is 3.49. The van der Waals surface area contributed by atoms with Crippen LogP contribution in [0.25, 0.3) is 0 Å². The molecule has 244 valence electrons. The lowest BCUT2D eigenvalue weighted by atomic mass is 9.78. The number of hydrogen-bond acceptors (Lipinski definition) is 8. The van der Waals surface area contributed by atoms with Crippen molar-refractivity contribution in [3.63, 3.8) is 0 Å². The van der Waals surface area contributed by atoms with Crippen molar-refractivity contribution in [1.82, 2.24) is 15.1 Å². The number of hydrogen-bond donors (Lipinski definition) is 3. The molecule has 2 aromatic rings. The summed E-state index contributed by atoms with van der Waals surface area (Å²) in [4.78, 5) is 65.3. The van der Waals surface area contributed by atoms with Crippen LogP contribution in [-0.4, -0.2) is 89.8 Å². The van der Waals surface area contributed by atoms with Gasteiger partial charge in [-0.3, -0.25) is 24.6 Å². The minimum Gasteiger partial charge on any atom is -0.497 e. The molecule has 2 fully saturated rings. The Hall–Kier alpha value is -4.66. The van der Waals surface area contributed by atoms with Gasteiger partial charge in [-0.15, -0.1) is 0 Å². The number of nitrogens with one attached hydrogen (secondary N) is 2. The Morgan fingerprint density at radius 3 is 2.11 bits per heavy atom. The van der Waals surface area contributed by atoms with Crippen LogP contribution >= 0.6 is 0 Å². The highest BCUT2D eigenvalue weighted by Crippen LogP contribution is 2.45. The zero-order chi connectivity index (χ0) is 33.5. The van der Waals surface area contributed by atoms with Crippen molar-refractivity contribution in [2.45, 2.75) is 44.6 Å². The number of aliphatic carboxylic acids is 1. The number of halogens is 3. The molecule has 0 radical (unpaired) electrons. The fourth-order valence-electron chi connectivity index (χ4n) is 5.57. The van der Waals surface area contributed by atoms with Gasteiger partial charge in [-0.25, -0.2) is 9.59 Å². The van der Waals surface area contributed by atoms with E-state index in [9.17, 15) is 32.3 Å². The predicted molar refractivity (Wildman–Crippen MR) is 154 cm³/mol. The number of likely N-dealkylation sites (tertiary alicyclic amines) is 1. The first-order valence-corrected chi connectivity index (χ1v) is 14.0. The second kappa shape index (κ2) is 14.4. The second-order valence-corrected chi connectivity index (χ2v) is 10.3. The molecule has 12 nitrogen and oxygen atoms in total. The van der Waals surface area contributed by atoms with Gasteiger partial charge >= 0.3 is 24.1 Å². The number of anilines is 1. The van der Waals surface area contributed by atoms with Gasteiger partial charge in [0.1, 0.15) is 11.3 Å². The molecule has 0 aromatic heterocycles. The van der Waals surface area contributed by atoms with E-state index in [1.54, 1.807) is 43.2 Å². The van der Waals surface area contributed by atoms with E-state index in [-0.39, 0.29) is 31.4 Å². The SMILES string of the molecule is CCN(C[C@H]1N[C@@](CC)(C(=O)OC)[C@H]2C(=O)N(Cc3ccccc3)C(=O)[C@@H]12)C(=O)Nc1ccc(OC)cc1.O=C(O)C(F)(F)F. The Bertz CT molecular complexity index is 1390. The molecule has 4 amide bonds. The van der Waals surface area contributed by atoms with Crippen LogP contribution in [-0.2, 0) is 30.5 Å². The molecule has 0 spiro atoms. The number of nitrogens with zero attached hydrogens (tertiary/aromatic N) is 2. The monoisotopic (exact) mass is 636 g/mol. The van der Waals surface area contributed by atoms with Gasteiger partial charge in [-0.1, -0.05) is 37.3 Å². The van der Waals surface area contributed by atoms with Crippen molar-refractivity contribution in [2.24, 2.45) is 11.8 Å². The van der Waals surface area contributed by atoms with E-state index in [0.717, 1.165) is 5.56 Å². The van der Waals surface area contributed by atoms with Gasteiger partial charge in [0.25, 0.3) is 0 Å². The Kier molecular flexibility index (Phi) is 11.2. The molecule has 2 aliphatic heterocycles. The van der Waals surface area contributed by atoms with E-state index >= 15 is 0 Å². The van der Waals surface area contributed by atoms with Crippen LogP contribution < -0.4 is 15.4 Å². The predicted octanol–water partition coefficient (Wildman–Crippen LogP) is 3.28. The van der Waals surface area contributed by atoms with Crippen LogP contribution in [0.3, 0.4) is 0 Å². The first-order chi connectivity index (χ1) is 21.2. The van der Waals surface area contributed by atoms with Crippen molar-refractivity contribution in [2.75, 3.05) is 32.6 Å². The molecule has 2 saturated heterocycles. The van der Waals surface area contributed by atoms with Crippen LogP contribution in [0, 0.1) is 11.8 Å². The van der Waals surface area contributed by atoms with Crippen molar-refractivity contribution in [3.8, 4) is 5.75 Å². The molecule has 4 atom stereocenters. The van der Waals surface area contributed by atoms with E-state index < -0.39 is 47.4 Å². The number of carbonyl (C=O) groups is 5. The fourth-order valence-corrected chi connectivity index (χ4v) is 5.57. The highest BCUT2D eigenvalue weighted by Gasteiger charge is 2.67. The summed E-state index contributed by atoms with van der Waals surface area (Å²) in [5, 5.41) is 13.3. The first kappa shape index (κ1) is 34.8. The van der Waals surface area contributed by atoms with Crippen LogP contribution in [0.15, 0.2) is 54.6 Å². The van der Waals surface area contributed by atoms with E-state index in [1.807, 2.05) is 37.3 Å². The van der Waals surface area contributed by atoms with Crippen LogP contribution in [0.5, 0.6) is 5.75 Å². The molecule has 15 heteroatoms. The number of benzene rings is 2. The first-order valence-electron chi connectivity index (χ1n) is 14.0. The largest absolute Gasteiger partial charge is 0.497 e. The maximum absolute atomic E-state index is 13.7. The van der Waals surface area contributed by atoms with E-state index in [4.69, 9.17) is 19.4 Å². The lowest BCUT2D eigenvalue weighted by Crippen LogP contribution is -2.58. The van der Waals surface area contributed by atoms with Gasteiger partial charge in [0.05, 0.1) is 32.6 Å². The summed E-state index contributed by atoms with van der Waals surface area (Å²) >= 11 is 0. The van der Waals surface area contributed by atoms with Gasteiger partial charge in [-0.05, 0) is 43.2 Å². The van der Waals surface area contributed by atoms with Crippen molar-refractivity contribution >= 4 is 35.5 Å². The van der Waals surface area contributed by atoms with Crippen molar-refractivity contribution in [3.05, 3.63) is 60.2 Å². The summed E-state index contributed by atoms with van der Waals surface area (Å²) < 4.78 is 42.0. The zero-order valence-corrected chi connectivity index (χ0v) is 25.1. The molecule has 0 aliphatic carbocycles. The van der Waals surface area contributed by atoms with Crippen molar-refractivity contribution in [1.29, 1.82) is 0 Å². The lowest BCUT2D eigenvalue weighted by Gasteiger charge is -2.32. The zero-order valence-electron chi connectivity index (χ0n) is 25.1. The number of urea groups is 1. The number of carboxylic acids is 1. The molecule has 4 rings (SSSR count). The third kappa shape index (κ3) is 7.53. The minimum atomic E-state index is -5.08. The number of imide groups is 1. The molecular weight excluding hydrogens is 601 g/mol. The summed E-state index contributed by atoms with van der Waals surface area (Å²) in [5.41, 5.74) is 0.0340. The van der Waals surface area contributed by atoms with Gasteiger partial charge in [0, 0.05) is 24.8 Å². The molecule has 3 N–H and O–H groups in total. The maximum Gasteiger partial charge on any atom is 0.490 e. The quantitative estimate of drug-likeness (QED) is 0.278. The number of esters is 1. The smallest absolute Gasteiger partial charge is 0.490 e. The molecular formula is C30H35F3N4O8. The summed E-state index contributed by atoms with van der Waals surface area (Å²) in [6.45, 7) is 4.21. The molecule has 2 aliphatic rings. The van der Waals surface area contributed by atoms with Crippen LogP contribution in [0.1, 0.15) is 25.8 Å². The fraction of sp³-hybridized carbons (Fsp3) is 0.433. The number of alkyl halides is 3. The van der Waals surface area contributed by atoms with Gasteiger partial charge in [0.2, 0.25) is 11.8 Å². The topological polar surface area (TPSA) is 155 Å². The van der Waals surface area contributed by atoms with Gasteiger partial charge in [0.15, 0.2) is 0 Å². The Morgan fingerprint density at radius 2 is 1.62 bits per heavy atom. The Morgan fingerprint density at radius 1 is 1.02 bits per heavy atom. The number of rotatable bonds is 9. The van der Waals surface area contributed by atoms with Crippen molar-refractivity contribution < 1.29 is 51.7 Å². The highest BCUT2D eigenvalue weighted by atomic mass is 19.4. The minimum absolute atomic E-state index is 0.120. The molecule has 0 bridgehead atoms. The number of ether oxygens (including phenoxy) is 2. The van der Waals surface area contributed by atoms with E-state index in [2.05, 4.69) is 10.6 Å². The third-order valence-electron chi connectivity index (χ3n) is 7.81. The average molecular weight is 637 g/mol. The number of carbonyl (C=O) groups excluding carboxylic acids is 4. The van der Waals surface area contributed by atoms with E-state index in [1.165, 1.54) is 12.0 Å². The second-order valence-electron chi connectivity index (χ2n) is 10.3. The number of likely N-dealkylation sites (N-methyl/N-ethyl adjacent to an activating group) is 1. The summed E-state index contributed by atoms with van der Waals surface area (Å²) in [7, 11) is 2.84. The van der Waals surface area contributed by atoms with Gasteiger partial charge < -0.3 is 24.8 Å². The summed E-state index contributed by atoms with van der Waals surface area (Å²) in [6.07, 6.45) is -4.83. The molecule has 2 aromatic carbocycles. The van der Waals surface area contributed by atoms with Gasteiger partial charge in [-0.2, -0.15) is 13.2 Å². The number of carboxylic acid groups (broad SMARTS) is 1. The number of amides is 4. The molecule has 45 heavy (non-hydrogen) atoms. The number of methoxy groups -OCH3 is 2. The third-order valence-corrected chi connectivity index (χ3v) is 7.81. The molecule has 2 heterocycles. The summed E-state index contributed by atoms with van der Waals surface area (Å²) in [6, 6.07) is 15.2. The number of fused-ring (bicyclic) bond motifs is 1. The standard InChI is InChI=1S/C28H34N4O6.C2HF3O2/c1-5-28(26(35)38-4)23-22(24(33)32(25(23)34)16-18-10-8-7-9-11-18)21(30-28)17-31(6-2)27(36)29-19-12-14-20(37-3)15-13-19;3-2(4,5)1(6)7/h7-15,21-23,30H,5-6,16-17H2,1-4H3,(H,29,36);(H,6,7)/t21-,22+,23-,28-;/m1./s1. The van der Waals surface area contributed by atoms with Crippen LogP contribution in [0.4, 0.5) is 23.7 Å². The normalized spacial score (nSPS) is 22.2. The van der Waals surface area contributed by atoms with Crippen LogP contribution in [0.2, 0.25) is 0 Å². The molecule has 0 unspecified atom stereocenters. The Labute approximate surface area is 257 Å². The Balaban J connectivity index is 0.000000707. The lowest BCUT2D eigenvalue weighted by molar-refractivity contribution is -0.192. The summed E-state index contributed by atoms with van der Waals surface area (Å²) in [5.74, 6) is -5.18. The maximum atomic E-state index is 13.7.